The van der Waals surface area contributed by atoms with Crippen molar-refractivity contribution >= 4 is 35.1 Å². The van der Waals surface area contributed by atoms with Gasteiger partial charge in [0.2, 0.25) is 0 Å². The summed E-state index contributed by atoms with van der Waals surface area (Å²) in [5, 5.41) is 3.08. The third-order valence-electron chi connectivity index (χ3n) is 3.27. The highest BCUT2D eigenvalue weighted by atomic mass is 35.5. The Labute approximate surface area is 162 Å². The Morgan fingerprint density at radius 2 is 1.48 bits per heavy atom. The fraction of sp³-hybridized carbons (Fsp3) is 0.250. The van der Waals surface area contributed by atoms with Crippen LogP contribution in [-0.4, -0.2) is 30.1 Å². The molecule has 0 heterocycles. The zero-order valence-corrected chi connectivity index (χ0v) is 16.0. The number of ketones is 1. The lowest BCUT2D eigenvalue weighted by molar-refractivity contribution is 0.0474. The van der Waals surface area contributed by atoms with Gasteiger partial charge in [-0.1, -0.05) is 11.6 Å². The Balaban J connectivity index is 1.88. The third-order valence-corrected chi connectivity index (χ3v) is 3.52. The van der Waals surface area contributed by atoms with Crippen molar-refractivity contribution in [2.45, 2.75) is 26.4 Å². The maximum absolute atomic E-state index is 12.0. The fourth-order valence-electron chi connectivity index (χ4n) is 2.04. The molecule has 0 aliphatic carbocycles. The highest BCUT2D eigenvalue weighted by Gasteiger charge is 2.16. The molecule has 0 radical (unpaired) electrons. The SMILES string of the molecule is CC(C)(C)OC(=O)Nc1ccc(C(=O)OCC(=O)c2ccc(Cl)cc2)cc1. The number of nitrogens with one attached hydrogen (secondary N) is 1. The van der Waals surface area contributed by atoms with Crippen molar-refractivity contribution in [1.82, 2.24) is 0 Å². The van der Waals surface area contributed by atoms with E-state index >= 15 is 0 Å². The standard InChI is InChI=1S/C20H20ClNO5/c1-20(2,3)27-19(25)22-16-10-6-14(7-11-16)18(24)26-12-17(23)13-4-8-15(21)9-5-13/h4-11H,12H2,1-3H3,(H,22,25). The van der Waals surface area contributed by atoms with Crippen LogP contribution in [0.2, 0.25) is 5.02 Å². The van der Waals surface area contributed by atoms with Gasteiger partial charge in [0.1, 0.15) is 5.60 Å². The van der Waals surface area contributed by atoms with Crippen LogP contribution in [0.1, 0.15) is 41.5 Å². The highest BCUT2D eigenvalue weighted by Crippen LogP contribution is 2.14. The summed E-state index contributed by atoms with van der Waals surface area (Å²) >= 11 is 5.77. The molecule has 7 heteroatoms. The number of esters is 1. The number of carbonyl (C=O) groups excluding carboxylic acids is 3. The zero-order valence-electron chi connectivity index (χ0n) is 15.2. The average molecular weight is 390 g/mol. The molecule has 0 atom stereocenters. The van der Waals surface area contributed by atoms with E-state index in [1.54, 1.807) is 57.2 Å². The first kappa shape index (κ1) is 20.5. The van der Waals surface area contributed by atoms with Gasteiger partial charge in [-0.3, -0.25) is 10.1 Å². The molecule has 27 heavy (non-hydrogen) atoms. The van der Waals surface area contributed by atoms with Crippen LogP contribution in [0.15, 0.2) is 48.5 Å². The predicted octanol–water partition coefficient (Wildman–Crippen LogP) is 4.73. The van der Waals surface area contributed by atoms with Gasteiger partial charge < -0.3 is 9.47 Å². The lowest BCUT2D eigenvalue weighted by Crippen LogP contribution is -2.27. The van der Waals surface area contributed by atoms with Crippen LogP contribution < -0.4 is 5.32 Å². The number of Topliss-reactive ketones (excluding diaryl/α,β-unsaturated/α-hetero) is 1. The highest BCUT2D eigenvalue weighted by molar-refractivity contribution is 6.30. The quantitative estimate of drug-likeness (QED) is 0.590. The molecule has 1 amide bonds. The van der Waals surface area contributed by atoms with Crippen LogP contribution in [0, 0.1) is 0 Å². The van der Waals surface area contributed by atoms with E-state index in [0.29, 0.717) is 16.3 Å². The normalized spacial score (nSPS) is 10.8. The van der Waals surface area contributed by atoms with Crippen LogP contribution in [0.25, 0.3) is 0 Å². The summed E-state index contributed by atoms with van der Waals surface area (Å²) in [7, 11) is 0. The maximum atomic E-state index is 12.0. The molecule has 0 fully saturated rings. The summed E-state index contributed by atoms with van der Waals surface area (Å²) in [5.41, 5.74) is 0.528. The Hall–Kier alpha value is -2.86. The minimum Gasteiger partial charge on any atom is -0.454 e. The molecular weight excluding hydrogens is 370 g/mol. The number of ether oxygens (including phenoxy) is 2. The van der Waals surface area contributed by atoms with E-state index in [9.17, 15) is 14.4 Å². The molecule has 6 nitrogen and oxygen atoms in total. The molecule has 0 aromatic heterocycles. The van der Waals surface area contributed by atoms with Crippen molar-refractivity contribution in [1.29, 1.82) is 0 Å². The zero-order chi connectivity index (χ0) is 20.0. The number of rotatable bonds is 5. The first-order chi connectivity index (χ1) is 12.6. The van der Waals surface area contributed by atoms with E-state index in [4.69, 9.17) is 21.1 Å². The minimum atomic E-state index is -0.638. The number of halogens is 1. The number of hydrogen-bond acceptors (Lipinski definition) is 5. The summed E-state index contributed by atoms with van der Waals surface area (Å²) in [5.74, 6) is -0.968. The molecule has 0 spiro atoms. The molecule has 0 aliphatic rings. The molecule has 0 unspecified atom stereocenters. The Bertz CT molecular complexity index is 823. The molecule has 0 aliphatic heterocycles. The number of anilines is 1. The second-order valence-corrected chi connectivity index (χ2v) is 7.15. The van der Waals surface area contributed by atoms with Gasteiger partial charge in [0.25, 0.3) is 0 Å². The van der Waals surface area contributed by atoms with Gasteiger partial charge >= 0.3 is 12.1 Å². The summed E-state index contributed by atoms with van der Waals surface area (Å²) in [4.78, 5) is 35.8. The van der Waals surface area contributed by atoms with Crippen molar-refractivity contribution < 1.29 is 23.9 Å². The molecule has 2 aromatic rings. The number of hydrogen-bond donors (Lipinski definition) is 1. The fourth-order valence-corrected chi connectivity index (χ4v) is 2.17. The van der Waals surface area contributed by atoms with Crippen molar-refractivity contribution in [3.8, 4) is 0 Å². The molecule has 0 bridgehead atoms. The number of benzene rings is 2. The summed E-state index contributed by atoms with van der Waals surface area (Å²) in [6.07, 6.45) is -0.591. The van der Waals surface area contributed by atoms with E-state index in [1.165, 1.54) is 12.1 Å². The van der Waals surface area contributed by atoms with Gasteiger partial charge in [0.05, 0.1) is 5.56 Å². The van der Waals surface area contributed by atoms with E-state index in [0.717, 1.165) is 0 Å². The van der Waals surface area contributed by atoms with Crippen LogP contribution in [0.5, 0.6) is 0 Å². The van der Waals surface area contributed by atoms with E-state index in [2.05, 4.69) is 5.32 Å². The van der Waals surface area contributed by atoms with E-state index in [1.807, 2.05) is 0 Å². The van der Waals surface area contributed by atoms with Crippen LogP contribution >= 0.6 is 11.6 Å². The third kappa shape index (κ3) is 6.75. The molecular formula is C20H20ClNO5. The van der Waals surface area contributed by atoms with Crippen molar-refractivity contribution in [3.63, 3.8) is 0 Å². The second-order valence-electron chi connectivity index (χ2n) is 6.71. The maximum Gasteiger partial charge on any atom is 0.412 e. The Morgan fingerprint density at radius 3 is 2.04 bits per heavy atom. The smallest absolute Gasteiger partial charge is 0.412 e. The monoisotopic (exact) mass is 389 g/mol. The van der Waals surface area contributed by atoms with Crippen molar-refractivity contribution in [3.05, 3.63) is 64.7 Å². The molecule has 0 saturated heterocycles. The van der Waals surface area contributed by atoms with Gasteiger partial charge in [-0.15, -0.1) is 0 Å². The lowest BCUT2D eigenvalue weighted by atomic mass is 10.1. The number of amides is 1. The van der Waals surface area contributed by atoms with Crippen LogP contribution in [-0.2, 0) is 9.47 Å². The van der Waals surface area contributed by atoms with Gasteiger partial charge in [0.15, 0.2) is 12.4 Å². The molecule has 2 aromatic carbocycles. The van der Waals surface area contributed by atoms with Gasteiger partial charge in [-0.2, -0.15) is 0 Å². The number of carbonyl (C=O) groups is 3. The molecule has 142 valence electrons. The minimum absolute atomic E-state index is 0.258. The first-order valence-corrected chi connectivity index (χ1v) is 8.58. The van der Waals surface area contributed by atoms with Gasteiger partial charge in [-0.25, -0.2) is 9.59 Å². The van der Waals surface area contributed by atoms with Gasteiger partial charge in [0, 0.05) is 16.3 Å². The van der Waals surface area contributed by atoms with Crippen molar-refractivity contribution in [2.24, 2.45) is 0 Å². The van der Waals surface area contributed by atoms with Crippen LogP contribution in [0.3, 0.4) is 0 Å². The predicted molar refractivity (Wildman–Crippen MR) is 102 cm³/mol. The summed E-state index contributed by atoms with van der Waals surface area (Å²) in [6, 6.07) is 12.4. The molecule has 1 N–H and O–H groups in total. The Morgan fingerprint density at radius 1 is 0.926 bits per heavy atom. The van der Waals surface area contributed by atoms with E-state index in [-0.39, 0.29) is 18.0 Å². The van der Waals surface area contributed by atoms with Gasteiger partial charge in [-0.05, 0) is 69.3 Å². The average Bonchev–Trinajstić information content (AvgIpc) is 2.59. The summed E-state index contributed by atoms with van der Waals surface area (Å²) in [6.45, 7) is 4.91. The van der Waals surface area contributed by atoms with E-state index < -0.39 is 17.7 Å². The van der Waals surface area contributed by atoms with Crippen LogP contribution in [0.4, 0.5) is 10.5 Å². The summed E-state index contributed by atoms with van der Waals surface area (Å²) < 4.78 is 10.2. The topological polar surface area (TPSA) is 81.7 Å². The van der Waals surface area contributed by atoms with Crippen molar-refractivity contribution in [2.75, 3.05) is 11.9 Å². The lowest BCUT2D eigenvalue weighted by Gasteiger charge is -2.19. The Kier molecular flexibility index (Phi) is 6.58. The second kappa shape index (κ2) is 8.68. The largest absolute Gasteiger partial charge is 0.454 e. The first-order valence-electron chi connectivity index (χ1n) is 8.20. The molecule has 2 rings (SSSR count). The molecule has 0 saturated carbocycles.